The highest BCUT2D eigenvalue weighted by Gasteiger charge is 2.22. The van der Waals surface area contributed by atoms with Crippen molar-refractivity contribution in [3.05, 3.63) is 70.4 Å². The molecule has 2 aromatic carbocycles. The molecule has 1 aromatic heterocycles. The zero-order chi connectivity index (χ0) is 26.3. The molecule has 0 bridgehead atoms. The van der Waals surface area contributed by atoms with E-state index in [1.807, 2.05) is 30.4 Å². The van der Waals surface area contributed by atoms with Gasteiger partial charge in [0.15, 0.2) is 11.5 Å². The molecule has 36 heavy (non-hydrogen) atoms. The molecule has 2 amide bonds. The quantitative estimate of drug-likeness (QED) is 0.376. The molecule has 3 rings (SSSR count). The van der Waals surface area contributed by atoms with Gasteiger partial charge in [0.2, 0.25) is 5.91 Å². The predicted molar refractivity (Wildman–Crippen MR) is 139 cm³/mol. The molecule has 0 aliphatic rings. The fourth-order valence-corrected chi connectivity index (χ4v) is 4.93. The smallest absolute Gasteiger partial charge is 0.339 e. The number of nitrogens with zero attached hydrogens (tertiary/aromatic N) is 2. The van der Waals surface area contributed by atoms with Crippen LogP contribution in [0.5, 0.6) is 11.5 Å². The first-order valence-corrected chi connectivity index (χ1v) is 13.3. The van der Waals surface area contributed by atoms with Gasteiger partial charge < -0.3 is 24.0 Å². The average molecular weight is 532 g/mol. The maximum Gasteiger partial charge on any atom is 0.339 e. The van der Waals surface area contributed by atoms with Gasteiger partial charge in [-0.15, -0.1) is 11.3 Å². The molecule has 0 fully saturated rings. The van der Waals surface area contributed by atoms with Crippen LogP contribution in [0.4, 0.5) is 5.69 Å². The molecule has 11 heteroatoms. The van der Waals surface area contributed by atoms with E-state index in [2.05, 4.69) is 5.32 Å². The molecule has 3 aromatic rings. The van der Waals surface area contributed by atoms with Gasteiger partial charge in [-0.3, -0.25) is 9.59 Å². The molecular weight excluding hydrogens is 502 g/mol. The zero-order valence-electron chi connectivity index (χ0n) is 20.6. The largest absolute Gasteiger partial charge is 0.493 e. The van der Waals surface area contributed by atoms with Crippen LogP contribution in [-0.2, 0) is 21.5 Å². The molecule has 1 heterocycles. The van der Waals surface area contributed by atoms with Gasteiger partial charge in [-0.2, -0.15) is 8.42 Å². The number of thiophene rings is 1. The number of benzene rings is 2. The van der Waals surface area contributed by atoms with E-state index in [1.54, 1.807) is 29.2 Å². The van der Waals surface area contributed by atoms with Crippen molar-refractivity contribution >= 4 is 39.0 Å². The fourth-order valence-electron chi connectivity index (χ4n) is 3.31. The van der Waals surface area contributed by atoms with Crippen LogP contribution >= 0.6 is 11.3 Å². The number of hydrogen-bond donors (Lipinski definition) is 1. The molecule has 0 radical (unpaired) electrons. The molecular formula is C25H29N3O6S2. The lowest BCUT2D eigenvalue weighted by Crippen LogP contribution is -2.35. The maximum atomic E-state index is 13.1. The van der Waals surface area contributed by atoms with Crippen molar-refractivity contribution in [3.8, 4) is 11.5 Å². The number of ether oxygens (including phenoxy) is 1. The summed E-state index contributed by atoms with van der Waals surface area (Å²) in [6.45, 7) is 2.78. The van der Waals surface area contributed by atoms with Gasteiger partial charge in [0.25, 0.3) is 5.91 Å². The van der Waals surface area contributed by atoms with Crippen molar-refractivity contribution in [2.75, 3.05) is 39.6 Å². The van der Waals surface area contributed by atoms with Crippen molar-refractivity contribution in [3.63, 3.8) is 0 Å². The van der Waals surface area contributed by atoms with E-state index in [4.69, 9.17) is 8.92 Å². The Labute approximate surface area is 215 Å². The Morgan fingerprint density at radius 3 is 2.31 bits per heavy atom. The van der Waals surface area contributed by atoms with Crippen LogP contribution in [0.1, 0.15) is 22.2 Å². The van der Waals surface area contributed by atoms with Gasteiger partial charge >= 0.3 is 10.1 Å². The standard InChI is InChI=1S/C25H29N3O6S2/c1-18(29)26-20-8-10-21(11-9-20)36(31,32)34-23-16-19(7-12-22(23)33-4)17-28(14-13-27(2)3)25(30)24-6-5-15-35-24/h5-12,15-16H,13-14,17H2,1-4H3,(H,26,29). The van der Waals surface area contributed by atoms with E-state index < -0.39 is 10.1 Å². The van der Waals surface area contributed by atoms with Crippen LogP contribution in [0.25, 0.3) is 0 Å². The van der Waals surface area contributed by atoms with E-state index in [0.29, 0.717) is 29.2 Å². The van der Waals surface area contributed by atoms with Crippen molar-refractivity contribution in [1.29, 1.82) is 0 Å². The summed E-state index contributed by atoms with van der Waals surface area (Å²) in [7, 11) is 1.09. The third-order valence-electron chi connectivity index (χ3n) is 5.10. The Morgan fingerprint density at radius 2 is 1.72 bits per heavy atom. The minimum Gasteiger partial charge on any atom is -0.493 e. The second-order valence-corrected chi connectivity index (χ2v) is 10.7. The van der Waals surface area contributed by atoms with Gasteiger partial charge in [0, 0.05) is 32.2 Å². The lowest BCUT2D eigenvalue weighted by atomic mass is 10.2. The highest BCUT2D eigenvalue weighted by Crippen LogP contribution is 2.32. The van der Waals surface area contributed by atoms with E-state index in [0.717, 1.165) is 0 Å². The summed E-state index contributed by atoms with van der Waals surface area (Å²) < 4.78 is 36.6. The summed E-state index contributed by atoms with van der Waals surface area (Å²) in [5.41, 5.74) is 1.15. The molecule has 192 valence electrons. The lowest BCUT2D eigenvalue weighted by Gasteiger charge is -2.24. The fraction of sp³-hybridized carbons (Fsp3) is 0.280. The number of hydrogen-bond acceptors (Lipinski definition) is 8. The Balaban J connectivity index is 1.85. The first kappa shape index (κ1) is 27.2. The van der Waals surface area contributed by atoms with Crippen LogP contribution < -0.4 is 14.2 Å². The second-order valence-electron chi connectivity index (χ2n) is 8.24. The summed E-state index contributed by atoms with van der Waals surface area (Å²) in [5.74, 6) is -0.115. The van der Waals surface area contributed by atoms with Crippen LogP contribution in [0, 0.1) is 0 Å². The highest BCUT2D eigenvalue weighted by atomic mass is 32.2. The Morgan fingerprint density at radius 1 is 1.00 bits per heavy atom. The van der Waals surface area contributed by atoms with Crippen molar-refractivity contribution < 1.29 is 26.9 Å². The predicted octanol–water partition coefficient (Wildman–Crippen LogP) is 3.69. The molecule has 0 saturated heterocycles. The molecule has 9 nitrogen and oxygen atoms in total. The Hall–Kier alpha value is -3.41. The lowest BCUT2D eigenvalue weighted by molar-refractivity contribution is -0.114. The first-order chi connectivity index (χ1) is 17.1. The Bertz CT molecular complexity index is 1290. The van der Waals surface area contributed by atoms with Crippen molar-refractivity contribution in [2.24, 2.45) is 0 Å². The number of methoxy groups -OCH3 is 1. The van der Waals surface area contributed by atoms with Crippen LogP contribution in [0.15, 0.2) is 64.9 Å². The van der Waals surface area contributed by atoms with Crippen molar-refractivity contribution in [1.82, 2.24) is 9.80 Å². The molecule has 0 saturated carbocycles. The van der Waals surface area contributed by atoms with Crippen LogP contribution in [0.2, 0.25) is 0 Å². The van der Waals surface area contributed by atoms with E-state index in [9.17, 15) is 18.0 Å². The summed E-state index contributed by atoms with van der Waals surface area (Å²) in [5, 5.41) is 4.44. The molecule has 1 N–H and O–H groups in total. The first-order valence-electron chi connectivity index (χ1n) is 11.1. The molecule has 0 unspecified atom stereocenters. The number of carbonyl (C=O) groups excluding carboxylic acids is 2. The van der Waals surface area contributed by atoms with Crippen molar-refractivity contribution in [2.45, 2.75) is 18.4 Å². The third kappa shape index (κ3) is 7.30. The molecule has 0 aliphatic carbocycles. The summed E-state index contributed by atoms with van der Waals surface area (Å²) in [6, 6.07) is 14.2. The van der Waals surface area contributed by atoms with Gasteiger partial charge in [-0.05, 0) is 67.5 Å². The summed E-state index contributed by atoms with van der Waals surface area (Å²) >= 11 is 1.37. The van der Waals surface area contributed by atoms with Gasteiger partial charge in [0.05, 0.1) is 12.0 Å². The minimum absolute atomic E-state index is 0.0112. The Kier molecular flexibility index (Phi) is 9.08. The molecule has 0 atom stereocenters. The van der Waals surface area contributed by atoms with Gasteiger partial charge in [-0.25, -0.2) is 0 Å². The minimum atomic E-state index is -4.19. The van der Waals surface area contributed by atoms with E-state index in [-0.39, 0.29) is 34.8 Å². The van der Waals surface area contributed by atoms with Crippen LogP contribution in [0.3, 0.4) is 0 Å². The van der Waals surface area contributed by atoms with Gasteiger partial charge in [-0.1, -0.05) is 12.1 Å². The monoisotopic (exact) mass is 531 g/mol. The number of likely N-dealkylation sites (N-methyl/N-ethyl adjacent to an activating group) is 1. The topological polar surface area (TPSA) is 105 Å². The molecule has 0 aliphatic heterocycles. The number of anilines is 1. The molecule has 0 spiro atoms. The summed E-state index contributed by atoms with van der Waals surface area (Å²) in [4.78, 5) is 28.5. The number of rotatable bonds is 11. The normalized spacial score (nSPS) is 11.2. The van der Waals surface area contributed by atoms with Gasteiger partial charge in [0.1, 0.15) is 4.90 Å². The number of nitrogens with one attached hydrogen (secondary N) is 1. The SMILES string of the molecule is COc1ccc(CN(CCN(C)C)C(=O)c2cccs2)cc1OS(=O)(=O)c1ccc(NC(C)=O)cc1. The zero-order valence-corrected chi connectivity index (χ0v) is 22.2. The number of amides is 2. The average Bonchev–Trinajstić information content (AvgIpc) is 3.36. The number of carbonyl (C=O) groups is 2. The van der Waals surface area contributed by atoms with E-state index in [1.165, 1.54) is 49.6 Å². The second kappa shape index (κ2) is 12.0. The maximum absolute atomic E-state index is 13.1. The highest BCUT2D eigenvalue weighted by molar-refractivity contribution is 7.87. The summed E-state index contributed by atoms with van der Waals surface area (Å²) in [6.07, 6.45) is 0. The van der Waals surface area contributed by atoms with Crippen LogP contribution in [-0.4, -0.2) is 64.3 Å². The van der Waals surface area contributed by atoms with E-state index >= 15 is 0 Å². The third-order valence-corrected chi connectivity index (χ3v) is 7.21.